The summed E-state index contributed by atoms with van der Waals surface area (Å²) >= 11 is 17.4. The van der Waals surface area contributed by atoms with Crippen LogP contribution in [0.5, 0.6) is 0 Å². The molecule has 3 rings (SSSR count). The average Bonchev–Trinajstić information content (AvgIpc) is 2.80. The lowest BCUT2D eigenvalue weighted by Gasteiger charge is -2.08. The van der Waals surface area contributed by atoms with E-state index in [4.69, 9.17) is 35.4 Å². The van der Waals surface area contributed by atoms with E-state index in [1.54, 1.807) is 6.07 Å². The van der Waals surface area contributed by atoms with Crippen LogP contribution in [0.25, 0.3) is 11.4 Å². The molecular formula is C15H11Cl2N3S. The molecule has 1 N–H and O–H groups in total. The Morgan fingerprint density at radius 1 is 1.05 bits per heavy atom. The second kappa shape index (κ2) is 6.02. The summed E-state index contributed by atoms with van der Waals surface area (Å²) in [5.74, 6) is 0.716. The molecule has 0 aliphatic rings. The predicted octanol–water partition coefficient (Wildman–Crippen LogP) is 4.96. The Bertz CT molecular complexity index is 804. The van der Waals surface area contributed by atoms with Crippen LogP contribution in [-0.2, 0) is 6.54 Å². The molecule has 1 aromatic heterocycles. The molecule has 3 nitrogen and oxygen atoms in total. The lowest BCUT2D eigenvalue weighted by Crippen LogP contribution is -2.02. The molecule has 106 valence electrons. The van der Waals surface area contributed by atoms with Crippen LogP contribution < -0.4 is 0 Å². The third-order valence-corrected chi connectivity index (χ3v) is 3.81. The highest BCUT2D eigenvalue weighted by molar-refractivity contribution is 7.71. The number of H-pyrrole nitrogens is 1. The van der Waals surface area contributed by atoms with Gasteiger partial charge in [0.15, 0.2) is 10.6 Å². The summed E-state index contributed by atoms with van der Waals surface area (Å²) in [6.45, 7) is 0.635. The summed E-state index contributed by atoms with van der Waals surface area (Å²) < 4.78 is 2.48. The number of nitrogens with zero attached hydrogens (tertiary/aromatic N) is 2. The highest BCUT2D eigenvalue weighted by atomic mass is 35.5. The van der Waals surface area contributed by atoms with Gasteiger partial charge in [-0.15, -0.1) is 0 Å². The van der Waals surface area contributed by atoms with E-state index in [0.29, 0.717) is 27.2 Å². The number of nitrogens with one attached hydrogen (secondary N) is 1. The number of halogens is 2. The molecule has 0 atom stereocenters. The van der Waals surface area contributed by atoms with Crippen molar-refractivity contribution in [1.82, 2.24) is 14.8 Å². The fourth-order valence-electron chi connectivity index (χ4n) is 2.13. The summed E-state index contributed by atoms with van der Waals surface area (Å²) in [6.07, 6.45) is 0. The van der Waals surface area contributed by atoms with Gasteiger partial charge in [-0.05, 0) is 36.0 Å². The summed E-state index contributed by atoms with van der Waals surface area (Å²) in [5.41, 5.74) is 1.97. The van der Waals surface area contributed by atoms with Gasteiger partial charge in [0.25, 0.3) is 0 Å². The van der Waals surface area contributed by atoms with Crippen LogP contribution in [0.15, 0.2) is 48.5 Å². The van der Waals surface area contributed by atoms with E-state index in [0.717, 1.165) is 11.1 Å². The molecule has 21 heavy (non-hydrogen) atoms. The third-order valence-electron chi connectivity index (χ3n) is 3.06. The normalized spacial score (nSPS) is 10.8. The van der Waals surface area contributed by atoms with Gasteiger partial charge in [0.1, 0.15) is 0 Å². The number of aromatic nitrogens is 3. The molecule has 0 bridgehead atoms. The fourth-order valence-corrected chi connectivity index (χ4v) is 2.86. The van der Waals surface area contributed by atoms with Crippen LogP contribution in [0.2, 0.25) is 10.0 Å². The van der Waals surface area contributed by atoms with E-state index in [9.17, 15) is 0 Å². The first-order valence-corrected chi connectivity index (χ1v) is 7.45. The van der Waals surface area contributed by atoms with Gasteiger partial charge in [-0.1, -0.05) is 53.5 Å². The van der Waals surface area contributed by atoms with Crippen molar-refractivity contribution >= 4 is 35.4 Å². The molecule has 2 aromatic carbocycles. The molecule has 6 heteroatoms. The van der Waals surface area contributed by atoms with Gasteiger partial charge >= 0.3 is 0 Å². The van der Waals surface area contributed by atoms with Crippen LogP contribution >= 0.6 is 35.4 Å². The first-order chi connectivity index (χ1) is 10.1. The predicted molar refractivity (Wildman–Crippen MR) is 88.4 cm³/mol. The standard InChI is InChI=1S/C15H11Cl2N3S/c16-12-6-11(7-13(17)8-12)14-18-19-15(21)20(14)9-10-4-2-1-3-5-10/h1-8H,9H2,(H,19,21). The second-order valence-electron chi connectivity index (χ2n) is 4.58. The summed E-state index contributed by atoms with van der Waals surface area (Å²) in [7, 11) is 0. The molecular weight excluding hydrogens is 325 g/mol. The van der Waals surface area contributed by atoms with Crippen LogP contribution in [0.1, 0.15) is 5.56 Å². The molecule has 1 heterocycles. The van der Waals surface area contributed by atoms with E-state index in [1.807, 2.05) is 47.0 Å². The average molecular weight is 336 g/mol. The monoisotopic (exact) mass is 335 g/mol. The molecule has 0 radical (unpaired) electrons. The smallest absolute Gasteiger partial charge is 0.195 e. The molecule has 0 aliphatic carbocycles. The van der Waals surface area contributed by atoms with Gasteiger partial charge in [-0.3, -0.25) is 9.67 Å². The summed E-state index contributed by atoms with van der Waals surface area (Å²) in [6, 6.07) is 15.4. The van der Waals surface area contributed by atoms with Crippen LogP contribution in [0, 0.1) is 4.77 Å². The summed E-state index contributed by atoms with van der Waals surface area (Å²) in [5, 5.41) is 8.25. The zero-order valence-electron chi connectivity index (χ0n) is 10.9. The van der Waals surface area contributed by atoms with Crippen LogP contribution in [0.3, 0.4) is 0 Å². The van der Waals surface area contributed by atoms with Crippen molar-refractivity contribution in [2.24, 2.45) is 0 Å². The molecule has 0 spiro atoms. The van der Waals surface area contributed by atoms with E-state index in [-0.39, 0.29) is 0 Å². The molecule has 0 saturated carbocycles. The highest BCUT2D eigenvalue weighted by Gasteiger charge is 2.11. The molecule has 0 unspecified atom stereocenters. The molecule has 0 saturated heterocycles. The van der Waals surface area contributed by atoms with Crippen molar-refractivity contribution in [3.63, 3.8) is 0 Å². The van der Waals surface area contributed by atoms with Crippen LogP contribution in [0.4, 0.5) is 0 Å². The van der Waals surface area contributed by atoms with Gasteiger partial charge in [0.05, 0.1) is 6.54 Å². The Kier molecular flexibility index (Phi) is 4.10. The van der Waals surface area contributed by atoms with Crippen molar-refractivity contribution in [2.45, 2.75) is 6.54 Å². The van der Waals surface area contributed by atoms with Crippen LogP contribution in [-0.4, -0.2) is 14.8 Å². The van der Waals surface area contributed by atoms with Crippen molar-refractivity contribution in [2.75, 3.05) is 0 Å². The van der Waals surface area contributed by atoms with Gasteiger partial charge in [0.2, 0.25) is 0 Å². The molecule has 0 fully saturated rings. The van der Waals surface area contributed by atoms with Gasteiger partial charge in [-0.2, -0.15) is 5.10 Å². The van der Waals surface area contributed by atoms with E-state index < -0.39 is 0 Å². The van der Waals surface area contributed by atoms with E-state index in [1.165, 1.54) is 0 Å². The number of hydrogen-bond acceptors (Lipinski definition) is 2. The van der Waals surface area contributed by atoms with E-state index >= 15 is 0 Å². The van der Waals surface area contributed by atoms with Gasteiger partial charge in [-0.25, -0.2) is 0 Å². The quantitative estimate of drug-likeness (QED) is 0.686. The molecule has 0 amide bonds. The van der Waals surface area contributed by atoms with Crippen molar-refractivity contribution < 1.29 is 0 Å². The zero-order valence-corrected chi connectivity index (χ0v) is 13.2. The first kappa shape index (κ1) is 14.3. The van der Waals surface area contributed by atoms with Gasteiger partial charge < -0.3 is 0 Å². The van der Waals surface area contributed by atoms with Crippen molar-refractivity contribution in [1.29, 1.82) is 0 Å². The Balaban J connectivity index is 2.06. The maximum atomic E-state index is 6.06. The Hall–Kier alpha value is -1.62. The summed E-state index contributed by atoms with van der Waals surface area (Å²) in [4.78, 5) is 0. The Labute approximate surface area is 137 Å². The Morgan fingerprint density at radius 3 is 2.38 bits per heavy atom. The highest BCUT2D eigenvalue weighted by Crippen LogP contribution is 2.26. The number of hydrogen-bond donors (Lipinski definition) is 1. The molecule has 0 aliphatic heterocycles. The number of benzene rings is 2. The molecule has 3 aromatic rings. The minimum absolute atomic E-state index is 0.560. The minimum atomic E-state index is 0.560. The van der Waals surface area contributed by atoms with E-state index in [2.05, 4.69) is 10.2 Å². The minimum Gasteiger partial charge on any atom is -0.296 e. The fraction of sp³-hybridized carbons (Fsp3) is 0.0667. The van der Waals surface area contributed by atoms with Crippen molar-refractivity contribution in [3.8, 4) is 11.4 Å². The lowest BCUT2D eigenvalue weighted by atomic mass is 10.2. The number of aromatic amines is 1. The lowest BCUT2D eigenvalue weighted by molar-refractivity contribution is 0.790. The maximum Gasteiger partial charge on any atom is 0.195 e. The largest absolute Gasteiger partial charge is 0.296 e. The third kappa shape index (κ3) is 3.18. The topological polar surface area (TPSA) is 33.6 Å². The SMILES string of the molecule is S=c1[nH]nc(-c2cc(Cl)cc(Cl)c2)n1Cc1ccccc1. The van der Waals surface area contributed by atoms with Gasteiger partial charge in [0, 0.05) is 15.6 Å². The maximum absolute atomic E-state index is 6.06. The zero-order chi connectivity index (χ0) is 14.8. The number of rotatable bonds is 3. The second-order valence-corrected chi connectivity index (χ2v) is 5.84. The van der Waals surface area contributed by atoms with Crippen molar-refractivity contribution in [3.05, 3.63) is 68.9 Å². The Morgan fingerprint density at radius 2 is 1.71 bits per heavy atom. The first-order valence-electron chi connectivity index (χ1n) is 6.29.